The Hall–Kier alpha value is -3.11. The lowest BCUT2D eigenvalue weighted by Crippen LogP contribution is -2.50. The van der Waals surface area contributed by atoms with E-state index in [-0.39, 0.29) is 17.4 Å². The fraction of sp³-hybridized carbons (Fsp3) is 0.565. The molecule has 1 heterocycles. The molecule has 3 rings (SSSR count). The number of carboxylic acids is 1. The second kappa shape index (κ2) is 10.9. The van der Waals surface area contributed by atoms with Gasteiger partial charge in [0.1, 0.15) is 12.6 Å². The van der Waals surface area contributed by atoms with Crippen LogP contribution in [-0.4, -0.2) is 59.3 Å². The number of carbonyl (C=O) groups is 4. The van der Waals surface area contributed by atoms with Gasteiger partial charge in [0, 0.05) is 24.9 Å². The lowest BCUT2D eigenvalue weighted by atomic mass is 9.83. The standard InChI is InChI=1S/C23H27F3N2O6/c1-12-9-15(24)20(26)21(19(12)25)34-11-17(29)16(10-18(30)31)27-22(32)13-5-7-28(8-6-13)23(33)14-3-2-4-14/h9,13-14,16H,2-8,10-11H2,1H3,(H,27,32)(H,30,31)/t16-/m0/s1. The first kappa shape index (κ1) is 25.5. The van der Waals surface area contributed by atoms with Crippen molar-refractivity contribution in [2.75, 3.05) is 19.7 Å². The fourth-order valence-electron chi connectivity index (χ4n) is 4.06. The van der Waals surface area contributed by atoms with Crippen LogP contribution < -0.4 is 10.1 Å². The minimum absolute atomic E-state index is 0.0551. The number of piperidine rings is 1. The maximum Gasteiger partial charge on any atom is 0.305 e. The smallest absolute Gasteiger partial charge is 0.305 e. The van der Waals surface area contributed by atoms with Crippen LogP contribution in [0.4, 0.5) is 13.2 Å². The third-order valence-corrected chi connectivity index (χ3v) is 6.37. The van der Waals surface area contributed by atoms with Crippen molar-refractivity contribution in [1.82, 2.24) is 10.2 Å². The predicted octanol–water partition coefficient (Wildman–Crippen LogP) is 2.36. The quantitative estimate of drug-likeness (QED) is 0.521. The van der Waals surface area contributed by atoms with Crippen LogP contribution in [0.3, 0.4) is 0 Å². The zero-order valence-corrected chi connectivity index (χ0v) is 18.7. The van der Waals surface area contributed by atoms with Crippen molar-refractivity contribution < 1.29 is 42.2 Å². The van der Waals surface area contributed by atoms with E-state index in [1.807, 2.05) is 0 Å². The number of aliphatic carboxylic acids is 1. The summed E-state index contributed by atoms with van der Waals surface area (Å²) in [4.78, 5) is 50.5. The number of nitrogens with zero attached hydrogens (tertiary/aromatic N) is 1. The molecule has 1 aromatic rings. The van der Waals surface area contributed by atoms with Crippen molar-refractivity contribution >= 4 is 23.6 Å². The average molecular weight is 484 g/mol. The average Bonchev–Trinajstić information content (AvgIpc) is 2.75. The van der Waals surface area contributed by atoms with Crippen LogP contribution in [0, 0.1) is 36.2 Å². The van der Waals surface area contributed by atoms with Gasteiger partial charge in [0.25, 0.3) is 0 Å². The molecule has 2 aliphatic rings. The number of nitrogens with one attached hydrogen (secondary N) is 1. The normalized spacial score (nSPS) is 17.6. The highest BCUT2D eigenvalue weighted by Crippen LogP contribution is 2.30. The summed E-state index contributed by atoms with van der Waals surface area (Å²) in [5.74, 6) is -8.48. The van der Waals surface area contributed by atoms with Gasteiger partial charge in [-0.3, -0.25) is 19.2 Å². The van der Waals surface area contributed by atoms with E-state index in [0.29, 0.717) is 32.0 Å². The minimum atomic E-state index is -1.61. The van der Waals surface area contributed by atoms with Crippen LogP contribution in [0.15, 0.2) is 6.07 Å². The number of carboxylic acid groups (broad SMARTS) is 1. The van der Waals surface area contributed by atoms with Crippen LogP contribution in [0.1, 0.15) is 44.1 Å². The van der Waals surface area contributed by atoms with E-state index >= 15 is 0 Å². The molecule has 1 aliphatic carbocycles. The van der Waals surface area contributed by atoms with Crippen molar-refractivity contribution in [3.8, 4) is 5.75 Å². The molecule has 8 nitrogen and oxygen atoms in total. The minimum Gasteiger partial charge on any atom is -0.481 e. The van der Waals surface area contributed by atoms with Gasteiger partial charge in [-0.1, -0.05) is 6.42 Å². The number of aryl methyl sites for hydroxylation is 1. The van der Waals surface area contributed by atoms with E-state index in [1.54, 1.807) is 4.90 Å². The van der Waals surface area contributed by atoms with E-state index in [4.69, 9.17) is 9.84 Å². The van der Waals surface area contributed by atoms with E-state index < -0.39 is 65.8 Å². The molecule has 2 fully saturated rings. The molecular formula is C23H27F3N2O6. The number of hydrogen-bond donors (Lipinski definition) is 2. The Bertz CT molecular complexity index is 948. The number of ketones is 1. The van der Waals surface area contributed by atoms with Crippen LogP contribution in [-0.2, 0) is 19.2 Å². The molecule has 1 aromatic carbocycles. The van der Waals surface area contributed by atoms with Gasteiger partial charge in [0.15, 0.2) is 23.2 Å². The summed E-state index contributed by atoms with van der Waals surface area (Å²) >= 11 is 0. The lowest BCUT2D eigenvalue weighted by Gasteiger charge is -2.36. The number of rotatable bonds is 9. The lowest BCUT2D eigenvalue weighted by molar-refractivity contribution is -0.143. The molecule has 34 heavy (non-hydrogen) atoms. The zero-order chi connectivity index (χ0) is 25.0. The van der Waals surface area contributed by atoms with E-state index in [1.165, 1.54) is 6.92 Å². The highest BCUT2D eigenvalue weighted by molar-refractivity contribution is 5.93. The third kappa shape index (κ3) is 5.87. The maximum atomic E-state index is 14.1. The first-order valence-electron chi connectivity index (χ1n) is 11.2. The van der Waals surface area contributed by atoms with Crippen molar-refractivity contribution in [2.24, 2.45) is 11.8 Å². The molecule has 1 aliphatic heterocycles. The predicted molar refractivity (Wildman–Crippen MR) is 112 cm³/mol. The Labute approximate surface area is 194 Å². The second-order valence-electron chi connectivity index (χ2n) is 8.77. The summed E-state index contributed by atoms with van der Waals surface area (Å²) < 4.78 is 46.3. The van der Waals surface area contributed by atoms with Crippen LogP contribution in [0.5, 0.6) is 5.75 Å². The SMILES string of the molecule is Cc1cc(F)c(F)c(OCC(=O)[C@H](CC(=O)O)NC(=O)C2CCN(C(=O)C3CCC3)CC2)c1F. The molecule has 2 N–H and O–H groups in total. The van der Waals surface area contributed by atoms with Crippen LogP contribution in [0.2, 0.25) is 0 Å². The van der Waals surface area contributed by atoms with Gasteiger partial charge in [-0.05, 0) is 44.2 Å². The molecule has 0 radical (unpaired) electrons. The Kier molecular flexibility index (Phi) is 8.16. The summed E-state index contributed by atoms with van der Waals surface area (Å²) in [5, 5.41) is 11.5. The van der Waals surface area contributed by atoms with Crippen molar-refractivity contribution in [2.45, 2.75) is 51.5 Å². The first-order chi connectivity index (χ1) is 16.1. The number of halogens is 3. The first-order valence-corrected chi connectivity index (χ1v) is 11.2. The fourth-order valence-corrected chi connectivity index (χ4v) is 4.06. The topological polar surface area (TPSA) is 113 Å². The summed E-state index contributed by atoms with van der Waals surface area (Å²) in [6.07, 6.45) is 2.77. The number of likely N-dealkylation sites (tertiary alicyclic amines) is 1. The summed E-state index contributed by atoms with van der Waals surface area (Å²) in [6, 6.07) is -0.863. The molecule has 11 heteroatoms. The number of hydrogen-bond acceptors (Lipinski definition) is 5. The third-order valence-electron chi connectivity index (χ3n) is 6.37. The number of carbonyl (C=O) groups excluding carboxylic acids is 3. The summed E-state index contributed by atoms with van der Waals surface area (Å²) in [6.45, 7) is 1.01. The highest BCUT2D eigenvalue weighted by Gasteiger charge is 2.34. The molecule has 1 saturated heterocycles. The van der Waals surface area contributed by atoms with Crippen molar-refractivity contribution in [3.63, 3.8) is 0 Å². The molecule has 0 unspecified atom stereocenters. The maximum absolute atomic E-state index is 14.1. The van der Waals surface area contributed by atoms with Crippen LogP contribution in [0.25, 0.3) is 0 Å². The number of Topliss-reactive ketones (excluding diaryl/α,β-unsaturated/α-hetero) is 1. The molecule has 0 aromatic heterocycles. The van der Waals surface area contributed by atoms with Gasteiger partial charge in [-0.2, -0.15) is 4.39 Å². The van der Waals surface area contributed by atoms with Crippen molar-refractivity contribution in [1.29, 1.82) is 0 Å². The molecule has 1 atom stereocenters. The Balaban J connectivity index is 1.58. The van der Waals surface area contributed by atoms with E-state index in [9.17, 15) is 32.3 Å². The van der Waals surface area contributed by atoms with E-state index in [0.717, 1.165) is 19.3 Å². The molecule has 0 spiro atoms. The molecule has 2 amide bonds. The van der Waals surface area contributed by atoms with E-state index in [2.05, 4.69) is 5.32 Å². The summed E-state index contributed by atoms with van der Waals surface area (Å²) in [5.41, 5.74) is -0.237. The monoisotopic (exact) mass is 484 g/mol. The van der Waals surface area contributed by atoms with Gasteiger partial charge in [0.2, 0.25) is 17.6 Å². The molecule has 1 saturated carbocycles. The van der Waals surface area contributed by atoms with Gasteiger partial charge in [-0.15, -0.1) is 0 Å². The van der Waals surface area contributed by atoms with Gasteiger partial charge < -0.3 is 20.1 Å². The van der Waals surface area contributed by atoms with Gasteiger partial charge >= 0.3 is 5.97 Å². The molecular weight excluding hydrogens is 457 g/mol. The molecule has 0 bridgehead atoms. The second-order valence-corrected chi connectivity index (χ2v) is 8.77. The number of amides is 2. The van der Waals surface area contributed by atoms with Gasteiger partial charge in [0.05, 0.1) is 6.42 Å². The number of benzene rings is 1. The number of ether oxygens (including phenoxy) is 1. The zero-order valence-electron chi connectivity index (χ0n) is 18.7. The Morgan fingerprint density at radius 1 is 1.09 bits per heavy atom. The Morgan fingerprint density at radius 2 is 1.74 bits per heavy atom. The highest BCUT2D eigenvalue weighted by atomic mass is 19.2. The molecule has 186 valence electrons. The summed E-state index contributed by atoms with van der Waals surface area (Å²) in [7, 11) is 0. The van der Waals surface area contributed by atoms with Crippen molar-refractivity contribution in [3.05, 3.63) is 29.1 Å². The Morgan fingerprint density at radius 3 is 2.29 bits per heavy atom. The largest absolute Gasteiger partial charge is 0.481 e. The van der Waals surface area contributed by atoms with Crippen LogP contribution >= 0.6 is 0 Å². The van der Waals surface area contributed by atoms with Gasteiger partial charge in [-0.25, -0.2) is 8.78 Å².